The Balaban J connectivity index is 2.26. The van der Waals surface area contributed by atoms with Crippen molar-refractivity contribution in [1.29, 1.82) is 0 Å². The lowest BCUT2D eigenvalue weighted by molar-refractivity contribution is -0.153. The van der Waals surface area contributed by atoms with Crippen LogP contribution in [-0.2, 0) is 28.6 Å². The average molecular weight is 798 g/mol. The summed E-state index contributed by atoms with van der Waals surface area (Å²) in [7, 11) is 0. The van der Waals surface area contributed by atoms with Gasteiger partial charge >= 0.3 is 17.9 Å². The Morgan fingerprint density at radius 3 is 1.18 bits per heavy atom. The van der Waals surface area contributed by atoms with Crippen molar-refractivity contribution in [2.45, 2.75) is 201 Å². The van der Waals surface area contributed by atoms with E-state index in [2.05, 4.69) is 74.3 Å². The van der Waals surface area contributed by atoms with E-state index in [1.165, 1.54) is 77.3 Å². The number of rotatable bonds is 40. The number of ether oxygens (including phenoxy) is 3. The van der Waals surface area contributed by atoms with Gasteiger partial charge in [0.05, 0.1) is 5.92 Å². The summed E-state index contributed by atoms with van der Waals surface area (Å²) in [4.78, 5) is 40.1. The number of hydrogen-bond acceptors (Lipinski definition) is 7. The highest BCUT2D eigenvalue weighted by Crippen LogP contribution is 2.16. The van der Waals surface area contributed by atoms with Crippen LogP contribution < -0.4 is 0 Å². The normalized spacial score (nSPS) is 13.8. The highest BCUT2D eigenvalue weighted by atomic mass is 16.6. The number of esters is 3. The standard InChI is InChI=1S/C50H87NO6/c1-4-6-8-10-12-14-16-18-20-22-24-26-28-30-33-37-48(52)55-43-47(45-57-50(54)39-35-32-36-40-51-41-46(3)42-51)44-56-49(53)38-34-31-29-27-25-23-21-19-17-15-13-11-9-7-5-2/h12-15,18-21,46-47H,4-11,16-17,22-45H2,1-3H3/b14-12-,15-13-,20-18-,21-19-. The van der Waals surface area contributed by atoms with Crippen molar-refractivity contribution in [3.63, 3.8) is 0 Å². The average Bonchev–Trinajstić information content (AvgIpc) is 3.19. The third-order valence-corrected chi connectivity index (χ3v) is 10.6. The maximum Gasteiger partial charge on any atom is 0.305 e. The van der Waals surface area contributed by atoms with Crippen molar-refractivity contribution in [2.75, 3.05) is 39.5 Å². The molecule has 0 amide bonds. The highest BCUT2D eigenvalue weighted by molar-refractivity contribution is 5.70. The van der Waals surface area contributed by atoms with Crippen LogP contribution >= 0.6 is 0 Å². The maximum atomic E-state index is 12.6. The molecular weight excluding hydrogens is 711 g/mol. The van der Waals surface area contributed by atoms with Crippen LogP contribution in [0.1, 0.15) is 201 Å². The van der Waals surface area contributed by atoms with Gasteiger partial charge in [-0.25, -0.2) is 0 Å². The van der Waals surface area contributed by atoms with Gasteiger partial charge in [-0.1, -0.05) is 140 Å². The Labute approximate surface area is 350 Å². The van der Waals surface area contributed by atoms with Crippen molar-refractivity contribution in [2.24, 2.45) is 11.8 Å². The summed E-state index contributed by atoms with van der Waals surface area (Å²) in [5.74, 6) is -0.299. The van der Waals surface area contributed by atoms with E-state index in [4.69, 9.17) is 14.2 Å². The molecule has 1 rings (SSSR count). The van der Waals surface area contributed by atoms with Gasteiger partial charge in [0.25, 0.3) is 0 Å². The van der Waals surface area contributed by atoms with E-state index in [1.807, 2.05) is 0 Å². The van der Waals surface area contributed by atoms with Gasteiger partial charge < -0.3 is 19.1 Å². The first-order valence-corrected chi connectivity index (χ1v) is 23.7. The molecule has 0 atom stereocenters. The van der Waals surface area contributed by atoms with Crippen LogP contribution in [0.4, 0.5) is 0 Å². The van der Waals surface area contributed by atoms with Crippen LogP contribution in [0.5, 0.6) is 0 Å². The SMILES string of the molecule is CCCCC/C=C\C/C=C\CCCCCCCC(=O)OCC(COC(=O)CCCCCCC/C=C\C/C=C\CCCCC)COC(=O)CCCCCN1CC(C)C1. The van der Waals surface area contributed by atoms with E-state index in [0.717, 1.165) is 109 Å². The quantitative estimate of drug-likeness (QED) is 0.0264. The van der Waals surface area contributed by atoms with Crippen LogP contribution in [0, 0.1) is 11.8 Å². The largest absolute Gasteiger partial charge is 0.465 e. The number of hydrogen-bond donors (Lipinski definition) is 0. The molecule has 0 aliphatic carbocycles. The molecule has 1 aliphatic heterocycles. The van der Waals surface area contributed by atoms with E-state index in [9.17, 15) is 14.4 Å². The first kappa shape index (κ1) is 52.3. The molecule has 0 spiro atoms. The first-order valence-electron chi connectivity index (χ1n) is 23.7. The number of nitrogens with zero attached hydrogens (tertiary/aromatic N) is 1. The topological polar surface area (TPSA) is 82.1 Å². The summed E-state index contributed by atoms with van der Waals surface area (Å²) >= 11 is 0. The fourth-order valence-corrected chi connectivity index (χ4v) is 6.95. The first-order chi connectivity index (χ1) is 27.9. The van der Waals surface area contributed by atoms with E-state index >= 15 is 0 Å². The molecule has 1 heterocycles. The second-order valence-corrected chi connectivity index (χ2v) is 16.6. The molecule has 7 heteroatoms. The predicted molar refractivity (Wildman–Crippen MR) is 239 cm³/mol. The lowest BCUT2D eigenvalue weighted by atomic mass is 10.0. The predicted octanol–water partition coefficient (Wildman–Crippen LogP) is 13.4. The van der Waals surface area contributed by atoms with Crippen LogP contribution in [0.2, 0.25) is 0 Å². The zero-order chi connectivity index (χ0) is 41.3. The number of allylic oxidation sites excluding steroid dienone is 8. The fourth-order valence-electron chi connectivity index (χ4n) is 6.95. The van der Waals surface area contributed by atoms with Crippen molar-refractivity contribution < 1.29 is 28.6 Å². The van der Waals surface area contributed by atoms with Gasteiger partial charge in [-0.15, -0.1) is 0 Å². The summed E-state index contributed by atoms with van der Waals surface area (Å²) in [6, 6.07) is 0. The van der Waals surface area contributed by atoms with Gasteiger partial charge in [-0.3, -0.25) is 14.4 Å². The molecule has 0 saturated carbocycles. The van der Waals surface area contributed by atoms with E-state index in [0.29, 0.717) is 19.3 Å². The van der Waals surface area contributed by atoms with Gasteiger partial charge in [0.1, 0.15) is 19.8 Å². The van der Waals surface area contributed by atoms with Crippen molar-refractivity contribution in [3.05, 3.63) is 48.6 Å². The lowest BCUT2D eigenvalue weighted by Gasteiger charge is -2.37. The molecular formula is C50H87NO6. The van der Waals surface area contributed by atoms with E-state index < -0.39 is 0 Å². The van der Waals surface area contributed by atoms with Crippen LogP contribution in [0.15, 0.2) is 48.6 Å². The summed E-state index contributed by atoms with van der Waals surface area (Å²) < 4.78 is 16.8. The molecule has 0 aromatic heterocycles. The molecule has 1 aliphatic rings. The fraction of sp³-hybridized carbons (Fsp3) is 0.780. The molecule has 0 bridgehead atoms. The third kappa shape index (κ3) is 36.2. The number of unbranched alkanes of at least 4 members (excludes halogenated alkanes) is 18. The van der Waals surface area contributed by atoms with E-state index in [-0.39, 0.29) is 43.6 Å². The Bertz CT molecular complexity index is 1010. The molecule has 1 fully saturated rings. The summed E-state index contributed by atoms with van der Waals surface area (Å²) in [5.41, 5.74) is 0. The Kier molecular flexibility index (Phi) is 36.8. The Morgan fingerprint density at radius 1 is 0.474 bits per heavy atom. The second kappa shape index (κ2) is 40.1. The van der Waals surface area contributed by atoms with Gasteiger partial charge in [0.15, 0.2) is 0 Å². The van der Waals surface area contributed by atoms with Crippen LogP contribution in [-0.4, -0.2) is 62.3 Å². The van der Waals surface area contributed by atoms with Gasteiger partial charge in [0.2, 0.25) is 0 Å². The second-order valence-electron chi connectivity index (χ2n) is 16.6. The zero-order valence-electron chi connectivity index (χ0n) is 37.2. The monoisotopic (exact) mass is 798 g/mol. The van der Waals surface area contributed by atoms with Crippen LogP contribution in [0.25, 0.3) is 0 Å². The minimum absolute atomic E-state index is 0.0810. The van der Waals surface area contributed by atoms with Crippen molar-refractivity contribution in [1.82, 2.24) is 4.90 Å². The van der Waals surface area contributed by atoms with Gasteiger partial charge in [-0.2, -0.15) is 0 Å². The van der Waals surface area contributed by atoms with Crippen molar-refractivity contribution in [3.8, 4) is 0 Å². The molecule has 7 nitrogen and oxygen atoms in total. The molecule has 0 unspecified atom stereocenters. The molecule has 57 heavy (non-hydrogen) atoms. The Morgan fingerprint density at radius 2 is 0.807 bits per heavy atom. The number of carbonyl (C=O) groups excluding carboxylic acids is 3. The molecule has 0 aromatic rings. The molecule has 0 aromatic carbocycles. The molecule has 1 saturated heterocycles. The number of carbonyl (C=O) groups is 3. The third-order valence-electron chi connectivity index (χ3n) is 10.6. The highest BCUT2D eigenvalue weighted by Gasteiger charge is 2.21. The minimum Gasteiger partial charge on any atom is -0.465 e. The maximum absolute atomic E-state index is 12.6. The molecule has 0 N–H and O–H groups in total. The summed E-state index contributed by atoms with van der Waals surface area (Å²) in [6.07, 6.45) is 47.2. The molecule has 0 radical (unpaired) electrons. The Hall–Kier alpha value is -2.67. The zero-order valence-corrected chi connectivity index (χ0v) is 37.2. The number of likely N-dealkylation sites (tertiary alicyclic amines) is 1. The van der Waals surface area contributed by atoms with Crippen molar-refractivity contribution >= 4 is 17.9 Å². The molecule has 328 valence electrons. The van der Waals surface area contributed by atoms with Gasteiger partial charge in [-0.05, 0) is 102 Å². The van der Waals surface area contributed by atoms with Gasteiger partial charge in [0, 0.05) is 32.4 Å². The van der Waals surface area contributed by atoms with Crippen LogP contribution in [0.3, 0.4) is 0 Å². The van der Waals surface area contributed by atoms with E-state index in [1.54, 1.807) is 0 Å². The minimum atomic E-state index is -0.371. The smallest absolute Gasteiger partial charge is 0.305 e. The lowest BCUT2D eigenvalue weighted by Crippen LogP contribution is -2.45. The summed E-state index contributed by atoms with van der Waals surface area (Å²) in [6.45, 7) is 10.5. The summed E-state index contributed by atoms with van der Waals surface area (Å²) in [5, 5.41) is 0.